The van der Waals surface area contributed by atoms with Gasteiger partial charge in [-0.1, -0.05) is 56.3 Å². The summed E-state index contributed by atoms with van der Waals surface area (Å²) in [4.78, 5) is 28.9. The molecule has 0 saturated carbocycles. The van der Waals surface area contributed by atoms with Crippen molar-refractivity contribution in [1.29, 1.82) is 0 Å². The van der Waals surface area contributed by atoms with Crippen molar-refractivity contribution in [1.82, 2.24) is 0 Å². The number of carbonyl (C=O) groups is 2. The van der Waals surface area contributed by atoms with E-state index in [0.29, 0.717) is 28.5 Å². The van der Waals surface area contributed by atoms with E-state index in [2.05, 4.69) is 19.2 Å². The number of hydrogen-bond acceptors (Lipinski definition) is 4. The fraction of sp³-hybridized carbons (Fsp3) is 0.267. The van der Waals surface area contributed by atoms with Crippen molar-refractivity contribution >= 4 is 28.8 Å². The van der Waals surface area contributed by atoms with Gasteiger partial charge in [-0.05, 0) is 80.1 Å². The standard InChI is InChI=1S/C30H32N2O3/c1-18(2)22-13-15-24(16-14-22)31-28-27(23-12-11-20(5)21(6)17-23)29(33)32(30(28)34)25-9-7-8-10-26(25)35-19(3)4/h7-19,31H,1-6H3. The maximum absolute atomic E-state index is 13.8. The van der Waals surface area contributed by atoms with Crippen molar-refractivity contribution in [3.63, 3.8) is 0 Å². The Morgan fingerprint density at radius 1 is 0.800 bits per heavy atom. The van der Waals surface area contributed by atoms with Crippen LogP contribution in [0.4, 0.5) is 11.4 Å². The first-order valence-electron chi connectivity index (χ1n) is 12.0. The highest BCUT2D eigenvalue weighted by molar-refractivity contribution is 6.46. The predicted octanol–water partition coefficient (Wildman–Crippen LogP) is 6.61. The average molecular weight is 469 g/mol. The molecule has 0 aromatic heterocycles. The molecule has 3 aromatic rings. The fourth-order valence-corrected chi connectivity index (χ4v) is 4.12. The van der Waals surface area contributed by atoms with Crippen LogP contribution in [-0.2, 0) is 9.59 Å². The van der Waals surface area contributed by atoms with Crippen molar-refractivity contribution in [2.75, 3.05) is 10.2 Å². The van der Waals surface area contributed by atoms with Crippen LogP contribution >= 0.6 is 0 Å². The van der Waals surface area contributed by atoms with E-state index in [1.165, 1.54) is 10.5 Å². The van der Waals surface area contributed by atoms with E-state index in [9.17, 15) is 9.59 Å². The number of hydrogen-bond donors (Lipinski definition) is 1. The van der Waals surface area contributed by atoms with E-state index in [4.69, 9.17) is 4.74 Å². The lowest BCUT2D eigenvalue weighted by Gasteiger charge is -2.20. The second-order valence-corrected chi connectivity index (χ2v) is 9.53. The van der Waals surface area contributed by atoms with Crippen molar-refractivity contribution in [3.8, 4) is 5.75 Å². The number of benzene rings is 3. The minimum atomic E-state index is -0.407. The predicted molar refractivity (Wildman–Crippen MR) is 142 cm³/mol. The van der Waals surface area contributed by atoms with Gasteiger partial charge in [0.2, 0.25) is 0 Å². The first kappa shape index (κ1) is 24.3. The number of aryl methyl sites for hydroxylation is 2. The van der Waals surface area contributed by atoms with E-state index in [0.717, 1.165) is 16.8 Å². The summed E-state index contributed by atoms with van der Waals surface area (Å²) in [5.74, 6) is 0.110. The van der Waals surface area contributed by atoms with Crippen LogP contribution in [0.5, 0.6) is 5.75 Å². The van der Waals surface area contributed by atoms with Gasteiger partial charge in [0, 0.05) is 5.69 Å². The lowest BCUT2D eigenvalue weighted by molar-refractivity contribution is -0.120. The molecule has 5 heteroatoms. The van der Waals surface area contributed by atoms with Crippen molar-refractivity contribution < 1.29 is 14.3 Å². The third-order valence-corrected chi connectivity index (χ3v) is 6.20. The number of nitrogens with zero attached hydrogens (tertiary/aromatic N) is 1. The number of amides is 2. The molecule has 0 aliphatic carbocycles. The van der Waals surface area contributed by atoms with Gasteiger partial charge in [0.15, 0.2) is 0 Å². The first-order valence-corrected chi connectivity index (χ1v) is 12.0. The van der Waals surface area contributed by atoms with Crippen molar-refractivity contribution in [2.45, 2.75) is 53.6 Å². The Labute approximate surface area is 207 Å². The van der Waals surface area contributed by atoms with Crippen LogP contribution in [0.1, 0.15) is 55.9 Å². The summed E-state index contributed by atoms with van der Waals surface area (Å²) in [6, 6.07) is 20.9. The highest BCUT2D eigenvalue weighted by atomic mass is 16.5. The molecular weight excluding hydrogens is 436 g/mol. The monoisotopic (exact) mass is 468 g/mol. The molecule has 3 aromatic carbocycles. The third kappa shape index (κ3) is 4.85. The zero-order chi connectivity index (χ0) is 25.3. The molecule has 180 valence electrons. The molecule has 4 rings (SSSR count). The van der Waals surface area contributed by atoms with Crippen LogP contribution < -0.4 is 15.0 Å². The number of para-hydroxylation sites is 2. The van der Waals surface area contributed by atoms with Gasteiger partial charge in [-0.15, -0.1) is 0 Å². The molecule has 0 bridgehead atoms. The van der Waals surface area contributed by atoms with Gasteiger partial charge in [0.25, 0.3) is 11.8 Å². The van der Waals surface area contributed by atoms with Gasteiger partial charge in [-0.25, -0.2) is 4.90 Å². The molecule has 1 N–H and O–H groups in total. The molecule has 0 unspecified atom stereocenters. The maximum atomic E-state index is 13.8. The van der Waals surface area contributed by atoms with Gasteiger partial charge in [-0.3, -0.25) is 9.59 Å². The van der Waals surface area contributed by atoms with Gasteiger partial charge in [0.1, 0.15) is 11.4 Å². The zero-order valence-corrected chi connectivity index (χ0v) is 21.2. The molecular formula is C30H32N2O3. The Bertz CT molecular complexity index is 1300. The molecule has 2 amide bonds. The number of imide groups is 1. The van der Waals surface area contributed by atoms with Crippen molar-refractivity contribution in [3.05, 3.63) is 94.7 Å². The Morgan fingerprint density at radius 2 is 1.49 bits per heavy atom. The normalized spacial score (nSPS) is 13.9. The molecule has 0 atom stereocenters. The zero-order valence-electron chi connectivity index (χ0n) is 21.2. The molecule has 1 aliphatic rings. The fourth-order valence-electron chi connectivity index (χ4n) is 4.12. The van der Waals surface area contributed by atoms with Crippen LogP contribution in [0.15, 0.2) is 72.4 Å². The molecule has 0 radical (unpaired) electrons. The first-order chi connectivity index (χ1) is 16.7. The molecule has 35 heavy (non-hydrogen) atoms. The summed E-state index contributed by atoms with van der Waals surface area (Å²) in [6.45, 7) is 12.1. The van der Waals surface area contributed by atoms with E-state index in [1.807, 2.05) is 76.2 Å². The molecule has 0 saturated heterocycles. The summed E-state index contributed by atoms with van der Waals surface area (Å²) in [5.41, 5.74) is 5.88. The molecule has 5 nitrogen and oxygen atoms in total. The number of carbonyl (C=O) groups excluding carboxylic acids is 2. The Kier molecular flexibility index (Phi) is 6.79. The van der Waals surface area contributed by atoms with Crippen LogP contribution in [0.2, 0.25) is 0 Å². The third-order valence-electron chi connectivity index (χ3n) is 6.20. The van der Waals surface area contributed by atoms with Gasteiger partial charge >= 0.3 is 0 Å². The van der Waals surface area contributed by atoms with E-state index in [-0.39, 0.29) is 17.7 Å². The van der Waals surface area contributed by atoms with E-state index in [1.54, 1.807) is 18.2 Å². The number of nitrogens with one attached hydrogen (secondary N) is 1. The molecule has 1 heterocycles. The number of anilines is 2. The van der Waals surface area contributed by atoms with E-state index >= 15 is 0 Å². The van der Waals surface area contributed by atoms with Crippen LogP contribution in [-0.4, -0.2) is 17.9 Å². The largest absolute Gasteiger partial charge is 0.489 e. The Hall–Kier alpha value is -3.86. The summed E-state index contributed by atoms with van der Waals surface area (Å²) < 4.78 is 5.93. The van der Waals surface area contributed by atoms with Crippen LogP contribution in [0.3, 0.4) is 0 Å². The summed E-state index contributed by atoms with van der Waals surface area (Å²) in [6.07, 6.45) is -0.104. The highest BCUT2D eigenvalue weighted by Crippen LogP contribution is 2.38. The minimum absolute atomic E-state index is 0.104. The second-order valence-electron chi connectivity index (χ2n) is 9.53. The van der Waals surface area contributed by atoms with E-state index < -0.39 is 5.91 Å². The van der Waals surface area contributed by atoms with Crippen molar-refractivity contribution in [2.24, 2.45) is 0 Å². The van der Waals surface area contributed by atoms with Crippen LogP contribution in [0.25, 0.3) is 5.57 Å². The molecule has 0 spiro atoms. The maximum Gasteiger partial charge on any atom is 0.282 e. The van der Waals surface area contributed by atoms with Gasteiger partial charge < -0.3 is 10.1 Å². The van der Waals surface area contributed by atoms with Gasteiger partial charge in [-0.2, -0.15) is 0 Å². The SMILES string of the molecule is Cc1ccc(C2=C(Nc3ccc(C(C)C)cc3)C(=O)N(c3ccccc3OC(C)C)C2=O)cc1C. The lowest BCUT2D eigenvalue weighted by Crippen LogP contribution is -2.33. The molecule has 0 fully saturated rings. The number of ether oxygens (including phenoxy) is 1. The quantitative estimate of drug-likeness (QED) is 0.396. The summed E-state index contributed by atoms with van der Waals surface area (Å²) in [5, 5.41) is 3.26. The smallest absolute Gasteiger partial charge is 0.282 e. The lowest BCUT2D eigenvalue weighted by atomic mass is 9.99. The number of rotatable bonds is 7. The Morgan fingerprint density at radius 3 is 2.11 bits per heavy atom. The Balaban J connectivity index is 1.82. The average Bonchev–Trinajstić information content (AvgIpc) is 3.05. The minimum Gasteiger partial charge on any atom is -0.489 e. The van der Waals surface area contributed by atoms with Gasteiger partial charge in [0.05, 0.1) is 17.4 Å². The van der Waals surface area contributed by atoms with Crippen LogP contribution in [0, 0.1) is 13.8 Å². The highest BCUT2D eigenvalue weighted by Gasteiger charge is 2.41. The second kappa shape index (κ2) is 9.79. The summed E-state index contributed by atoms with van der Waals surface area (Å²) in [7, 11) is 0. The molecule has 1 aliphatic heterocycles. The topological polar surface area (TPSA) is 58.6 Å². The summed E-state index contributed by atoms with van der Waals surface area (Å²) >= 11 is 0.